The van der Waals surface area contributed by atoms with Crippen molar-refractivity contribution in [2.24, 2.45) is 5.41 Å². The number of hydrogen-bond donors (Lipinski definition) is 2. The lowest BCUT2D eigenvalue weighted by Gasteiger charge is -2.19. The molecule has 0 saturated heterocycles. The summed E-state index contributed by atoms with van der Waals surface area (Å²) >= 11 is 0. The second kappa shape index (κ2) is 7.30. The molecule has 0 aromatic heterocycles. The zero-order valence-corrected chi connectivity index (χ0v) is 16.2. The number of benzene rings is 2. The third-order valence-corrected chi connectivity index (χ3v) is 4.13. The minimum absolute atomic E-state index is 0.0636. The largest absolute Gasteiger partial charge is 0.356 e. The zero-order valence-electron chi connectivity index (χ0n) is 16.2. The normalized spacial score (nSPS) is 11.9. The van der Waals surface area contributed by atoms with Crippen LogP contribution in [0.3, 0.4) is 0 Å². The molecule has 0 fully saturated rings. The summed E-state index contributed by atoms with van der Waals surface area (Å²) in [5.41, 5.74) is 4.32. The van der Waals surface area contributed by atoms with Gasteiger partial charge in [0.2, 0.25) is 5.91 Å². The summed E-state index contributed by atoms with van der Waals surface area (Å²) < 4.78 is 0. The Bertz CT molecular complexity index is 702. The van der Waals surface area contributed by atoms with Gasteiger partial charge in [-0.3, -0.25) is 4.79 Å². The summed E-state index contributed by atoms with van der Waals surface area (Å²) in [5.74, 6) is 0.0636. The monoisotopic (exact) mass is 338 g/mol. The number of hydrogen-bond acceptors (Lipinski definition) is 2. The molecule has 2 N–H and O–H groups in total. The van der Waals surface area contributed by atoms with Crippen molar-refractivity contribution in [3.05, 3.63) is 59.7 Å². The lowest BCUT2D eigenvalue weighted by Crippen LogP contribution is -2.34. The van der Waals surface area contributed by atoms with E-state index in [0.717, 1.165) is 16.9 Å². The molecule has 2 aromatic rings. The molecule has 0 spiro atoms. The average Bonchev–Trinajstić information content (AvgIpc) is 2.52. The molecule has 0 aliphatic heterocycles. The third kappa shape index (κ3) is 5.63. The van der Waals surface area contributed by atoms with Crippen LogP contribution < -0.4 is 10.6 Å². The highest BCUT2D eigenvalue weighted by atomic mass is 16.2. The first-order chi connectivity index (χ1) is 11.6. The minimum Gasteiger partial charge on any atom is -0.356 e. The summed E-state index contributed by atoms with van der Waals surface area (Å²) in [7, 11) is 0. The van der Waals surface area contributed by atoms with Crippen molar-refractivity contribution in [2.75, 3.05) is 5.32 Å². The molecule has 0 unspecified atom stereocenters. The molecule has 3 heteroatoms. The van der Waals surface area contributed by atoms with E-state index in [4.69, 9.17) is 0 Å². The van der Waals surface area contributed by atoms with Crippen molar-refractivity contribution in [1.29, 1.82) is 0 Å². The lowest BCUT2D eigenvalue weighted by molar-refractivity contribution is -0.128. The van der Waals surface area contributed by atoms with E-state index in [-0.39, 0.29) is 16.7 Å². The van der Waals surface area contributed by atoms with Gasteiger partial charge in [-0.1, -0.05) is 65.8 Å². The van der Waals surface area contributed by atoms with Gasteiger partial charge in [-0.25, -0.2) is 0 Å². The van der Waals surface area contributed by atoms with E-state index in [1.165, 1.54) is 5.56 Å². The molecule has 3 nitrogen and oxygen atoms in total. The van der Waals surface area contributed by atoms with Crippen molar-refractivity contribution in [1.82, 2.24) is 5.32 Å². The number of nitrogens with one attached hydrogen (secondary N) is 2. The molecule has 2 rings (SSSR count). The summed E-state index contributed by atoms with van der Waals surface area (Å²) in [6.07, 6.45) is 0. The van der Waals surface area contributed by atoms with Crippen molar-refractivity contribution >= 4 is 17.3 Å². The Morgan fingerprint density at radius 1 is 0.800 bits per heavy atom. The fourth-order valence-corrected chi connectivity index (χ4v) is 2.37. The van der Waals surface area contributed by atoms with Gasteiger partial charge in [0, 0.05) is 23.3 Å². The molecule has 0 bridgehead atoms. The van der Waals surface area contributed by atoms with Gasteiger partial charge >= 0.3 is 0 Å². The first kappa shape index (κ1) is 19.0. The summed E-state index contributed by atoms with van der Waals surface area (Å²) in [6, 6.07) is 16.7. The Morgan fingerprint density at radius 3 is 1.72 bits per heavy atom. The second-order valence-electron chi connectivity index (χ2n) is 8.58. The highest BCUT2D eigenvalue weighted by Crippen LogP contribution is 2.25. The number of rotatable bonds is 4. The Kier molecular flexibility index (Phi) is 5.56. The quantitative estimate of drug-likeness (QED) is 0.784. The van der Waals surface area contributed by atoms with Crippen LogP contribution >= 0.6 is 0 Å². The van der Waals surface area contributed by atoms with Gasteiger partial charge in [-0.15, -0.1) is 0 Å². The fraction of sp³-hybridized carbons (Fsp3) is 0.409. The van der Waals surface area contributed by atoms with E-state index in [2.05, 4.69) is 55.7 Å². The van der Waals surface area contributed by atoms with Crippen molar-refractivity contribution in [3.63, 3.8) is 0 Å². The second-order valence-corrected chi connectivity index (χ2v) is 8.58. The van der Waals surface area contributed by atoms with Crippen LogP contribution in [0.4, 0.5) is 11.4 Å². The molecule has 25 heavy (non-hydrogen) atoms. The molecule has 0 heterocycles. The summed E-state index contributed by atoms with van der Waals surface area (Å²) in [5, 5.41) is 6.38. The van der Waals surface area contributed by atoms with E-state index >= 15 is 0 Å². The molecule has 0 atom stereocenters. The Labute approximate surface area is 151 Å². The maximum absolute atomic E-state index is 11.9. The van der Waals surface area contributed by atoms with Crippen LogP contribution in [-0.2, 0) is 16.8 Å². The van der Waals surface area contributed by atoms with Crippen LogP contribution in [0.2, 0.25) is 0 Å². The molecule has 0 aliphatic carbocycles. The molecule has 0 aliphatic rings. The Hall–Kier alpha value is -2.29. The van der Waals surface area contributed by atoms with Crippen LogP contribution in [0.1, 0.15) is 52.7 Å². The average molecular weight is 338 g/mol. The Balaban J connectivity index is 1.95. The van der Waals surface area contributed by atoms with Gasteiger partial charge in [0.1, 0.15) is 0 Å². The van der Waals surface area contributed by atoms with E-state index in [9.17, 15) is 4.79 Å². The number of anilines is 2. The van der Waals surface area contributed by atoms with Crippen LogP contribution in [0.15, 0.2) is 48.5 Å². The first-order valence-corrected chi connectivity index (χ1v) is 8.80. The standard InChI is InChI=1S/C22H30N2O/c1-21(2,3)17-9-13-19(14-10-17)24-18-11-7-16(8-12-18)15-23-20(25)22(4,5)6/h7-14,24H,15H2,1-6H3,(H,23,25). The molecule has 2 aromatic carbocycles. The molecule has 1 amide bonds. The number of carbonyl (C=O) groups excluding carboxylic acids is 1. The topological polar surface area (TPSA) is 41.1 Å². The molecule has 0 radical (unpaired) electrons. The van der Waals surface area contributed by atoms with E-state index in [1.807, 2.05) is 45.0 Å². The van der Waals surface area contributed by atoms with E-state index < -0.39 is 0 Å². The van der Waals surface area contributed by atoms with E-state index in [0.29, 0.717) is 6.54 Å². The Morgan fingerprint density at radius 2 is 1.28 bits per heavy atom. The van der Waals surface area contributed by atoms with Crippen LogP contribution in [0.5, 0.6) is 0 Å². The van der Waals surface area contributed by atoms with Crippen LogP contribution in [0, 0.1) is 5.41 Å². The zero-order chi connectivity index (χ0) is 18.7. The number of carbonyl (C=O) groups is 1. The van der Waals surface area contributed by atoms with Crippen molar-refractivity contribution in [2.45, 2.75) is 53.5 Å². The van der Waals surface area contributed by atoms with Gasteiger partial charge in [0.15, 0.2) is 0 Å². The predicted octanol–water partition coefficient (Wildman–Crippen LogP) is 5.39. The van der Waals surface area contributed by atoms with E-state index in [1.54, 1.807) is 0 Å². The van der Waals surface area contributed by atoms with Gasteiger partial charge in [-0.2, -0.15) is 0 Å². The first-order valence-electron chi connectivity index (χ1n) is 8.80. The highest BCUT2D eigenvalue weighted by molar-refractivity contribution is 5.81. The number of amides is 1. The van der Waals surface area contributed by atoms with Gasteiger partial charge in [0.25, 0.3) is 0 Å². The van der Waals surface area contributed by atoms with Gasteiger partial charge in [-0.05, 0) is 40.8 Å². The van der Waals surface area contributed by atoms with Crippen molar-refractivity contribution in [3.8, 4) is 0 Å². The SMILES string of the molecule is CC(C)(C)C(=O)NCc1ccc(Nc2ccc(C(C)(C)C)cc2)cc1. The maximum atomic E-state index is 11.9. The summed E-state index contributed by atoms with van der Waals surface area (Å²) in [4.78, 5) is 11.9. The maximum Gasteiger partial charge on any atom is 0.225 e. The van der Waals surface area contributed by atoms with Crippen LogP contribution in [-0.4, -0.2) is 5.91 Å². The summed E-state index contributed by atoms with van der Waals surface area (Å²) in [6.45, 7) is 12.9. The lowest BCUT2D eigenvalue weighted by atomic mass is 9.87. The molecular formula is C22H30N2O. The predicted molar refractivity (Wildman–Crippen MR) is 106 cm³/mol. The van der Waals surface area contributed by atoms with Crippen molar-refractivity contribution < 1.29 is 4.79 Å². The highest BCUT2D eigenvalue weighted by Gasteiger charge is 2.20. The third-order valence-electron chi connectivity index (χ3n) is 4.13. The fourth-order valence-electron chi connectivity index (χ4n) is 2.37. The molecular weight excluding hydrogens is 308 g/mol. The van der Waals surface area contributed by atoms with Gasteiger partial charge in [0.05, 0.1) is 0 Å². The smallest absolute Gasteiger partial charge is 0.225 e. The molecule has 0 saturated carbocycles. The van der Waals surface area contributed by atoms with Gasteiger partial charge < -0.3 is 10.6 Å². The van der Waals surface area contributed by atoms with Crippen LogP contribution in [0.25, 0.3) is 0 Å². The molecule has 134 valence electrons. The minimum atomic E-state index is -0.360.